The molecule has 1 aromatic carbocycles. The number of likely N-dealkylation sites (tertiary alicyclic amines) is 1. The number of hydrogen-bond acceptors (Lipinski definition) is 3. The van der Waals surface area contributed by atoms with Crippen LogP contribution in [0.1, 0.15) is 24.0 Å². The Balaban J connectivity index is 1.79. The van der Waals surface area contributed by atoms with E-state index in [4.69, 9.17) is 0 Å². The molecule has 1 aromatic heterocycles. The fourth-order valence-corrected chi connectivity index (χ4v) is 2.74. The Hall–Kier alpha value is -2.64. The lowest BCUT2D eigenvalue weighted by Crippen LogP contribution is -2.25. The van der Waals surface area contributed by atoms with Crippen LogP contribution in [0.3, 0.4) is 0 Å². The Morgan fingerprint density at radius 3 is 2.60 bits per heavy atom. The quantitative estimate of drug-likeness (QED) is 0.798. The first kappa shape index (κ1) is 17.2. The predicted molar refractivity (Wildman–Crippen MR) is 86.3 cm³/mol. The number of benzene rings is 1. The van der Waals surface area contributed by atoms with Gasteiger partial charge in [-0.05, 0) is 43.5 Å². The average Bonchev–Trinajstić information content (AvgIpc) is 3.23. The molecule has 0 radical (unpaired) electrons. The van der Waals surface area contributed by atoms with Gasteiger partial charge in [0, 0.05) is 30.9 Å². The SMILES string of the molecule is Cc1cc(-c2ncn(/C=C\C(=O)N3CCCC3)n2)cc(C(F)(F)F)c1. The molecule has 0 N–H and O–H groups in total. The van der Waals surface area contributed by atoms with Crippen LogP contribution in [0.5, 0.6) is 0 Å². The molecule has 5 nitrogen and oxygen atoms in total. The Bertz CT molecular complexity index is 804. The molecule has 3 rings (SSSR count). The second-order valence-corrected chi connectivity index (χ2v) is 5.98. The minimum Gasteiger partial charge on any atom is -0.339 e. The van der Waals surface area contributed by atoms with Crippen LogP contribution in [0.15, 0.2) is 30.6 Å². The minimum atomic E-state index is -4.43. The van der Waals surface area contributed by atoms with E-state index in [1.165, 1.54) is 23.3 Å². The highest BCUT2D eigenvalue weighted by Crippen LogP contribution is 2.32. The van der Waals surface area contributed by atoms with Crippen molar-refractivity contribution in [1.82, 2.24) is 19.7 Å². The summed E-state index contributed by atoms with van der Waals surface area (Å²) in [7, 11) is 0. The highest BCUT2D eigenvalue weighted by atomic mass is 19.4. The van der Waals surface area contributed by atoms with Gasteiger partial charge in [-0.3, -0.25) is 4.79 Å². The third-order valence-electron chi connectivity index (χ3n) is 3.96. The number of halogens is 3. The Kier molecular flexibility index (Phi) is 4.61. The zero-order valence-electron chi connectivity index (χ0n) is 13.6. The smallest absolute Gasteiger partial charge is 0.339 e. The van der Waals surface area contributed by atoms with Gasteiger partial charge in [0.25, 0.3) is 0 Å². The number of rotatable bonds is 3. The Morgan fingerprint density at radius 1 is 1.20 bits per heavy atom. The maximum absolute atomic E-state index is 12.9. The zero-order valence-corrected chi connectivity index (χ0v) is 13.6. The second kappa shape index (κ2) is 6.70. The van der Waals surface area contributed by atoms with Crippen molar-refractivity contribution in [3.05, 3.63) is 41.7 Å². The van der Waals surface area contributed by atoms with Gasteiger partial charge < -0.3 is 4.90 Å². The van der Waals surface area contributed by atoms with Gasteiger partial charge in [0.2, 0.25) is 5.91 Å². The number of carbonyl (C=O) groups is 1. The van der Waals surface area contributed by atoms with Crippen LogP contribution in [0, 0.1) is 6.92 Å². The largest absolute Gasteiger partial charge is 0.416 e. The summed E-state index contributed by atoms with van der Waals surface area (Å²) in [6, 6.07) is 3.69. The fraction of sp³-hybridized carbons (Fsp3) is 0.353. The van der Waals surface area contributed by atoms with Gasteiger partial charge in [-0.1, -0.05) is 0 Å². The summed E-state index contributed by atoms with van der Waals surface area (Å²) in [6.07, 6.45) is 1.78. The summed E-state index contributed by atoms with van der Waals surface area (Å²) in [5.41, 5.74) is 0.0184. The number of carbonyl (C=O) groups excluding carboxylic acids is 1. The van der Waals surface area contributed by atoms with Crippen LogP contribution in [0.2, 0.25) is 0 Å². The van der Waals surface area contributed by atoms with Crippen molar-refractivity contribution in [2.75, 3.05) is 13.1 Å². The normalized spacial score (nSPS) is 15.3. The van der Waals surface area contributed by atoms with E-state index >= 15 is 0 Å². The van der Waals surface area contributed by atoms with Crippen LogP contribution in [0.4, 0.5) is 13.2 Å². The van der Waals surface area contributed by atoms with Crippen molar-refractivity contribution in [3.8, 4) is 11.4 Å². The number of nitrogens with zero attached hydrogens (tertiary/aromatic N) is 4. The summed E-state index contributed by atoms with van der Waals surface area (Å²) in [5, 5.41) is 4.12. The molecule has 25 heavy (non-hydrogen) atoms. The molecule has 8 heteroatoms. The third-order valence-corrected chi connectivity index (χ3v) is 3.96. The van der Waals surface area contributed by atoms with Gasteiger partial charge in [-0.25, -0.2) is 9.67 Å². The molecular weight excluding hydrogens is 333 g/mol. The van der Waals surface area contributed by atoms with Crippen LogP contribution in [0.25, 0.3) is 17.6 Å². The standard InChI is InChI=1S/C17H17F3N4O/c1-12-8-13(10-14(9-12)17(18,19)20)16-21-11-24(22-16)7-4-15(25)23-5-2-3-6-23/h4,7-11H,2-3,5-6H2,1H3/b7-4-. The van der Waals surface area contributed by atoms with E-state index in [9.17, 15) is 18.0 Å². The second-order valence-electron chi connectivity index (χ2n) is 5.98. The van der Waals surface area contributed by atoms with E-state index < -0.39 is 11.7 Å². The van der Waals surface area contributed by atoms with Crippen molar-refractivity contribution in [3.63, 3.8) is 0 Å². The van der Waals surface area contributed by atoms with Gasteiger partial charge in [0.1, 0.15) is 6.33 Å². The lowest BCUT2D eigenvalue weighted by molar-refractivity contribution is -0.137. The molecule has 0 aliphatic carbocycles. The fourth-order valence-electron chi connectivity index (χ4n) is 2.74. The molecule has 1 fully saturated rings. The maximum Gasteiger partial charge on any atom is 0.416 e. The van der Waals surface area contributed by atoms with Crippen molar-refractivity contribution < 1.29 is 18.0 Å². The monoisotopic (exact) mass is 350 g/mol. The number of amides is 1. The van der Waals surface area contributed by atoms with E-state index in [-0.39, 0.29) is 17.3 Å². The Labute approximate surface area is 142 Å². The van der Waals surface area contributed by atoms with E-state index in [2.05, 4.69) is 10.1 Å². The summed E-state index contributed by atoms with van der Waals surface area (Å²) in [4.78, 5) is 17.7. The van der Waals surface area contributed by atoms with E-state index in [1.54, 1.807) is 17.9 Å². The summed E-state index contributed by atoms with van der Waals surface area (Å²) in [5.74, 6) is 0.0666. The predicted octanol–water partition coefficient (Wildman–Crippen LogP) is 3.37. The molecular formula is C17H17F3N4O. The van der Waals surface area contributed by atoms with Crippen molar-refractivity contribution in [1.29, 1.82) is 0 Å². The van der Waals surface area contributed by atoms with Gasteiger partial charge in [0.05, 0.1) is 5.56 Å². The van der Waals surface area contributed by atoms with Crippen LogP contribution >= 0.6 is 0 Å². The van der Waals surface area contributed by atoms with E-state index in [0.29, 0.717) is 5.56 Å². The lowest BCUT2D eigenvalue weighted by atomic mass is 10.1. The van der Waals surface area contributed by atoms with Crippen molar-refractivity contribution in [2.24, 2.45) is 0 Å². The highest BCUT2D eigenvalue weighted by Gasteiger charge is 2.31. The molecule has 132 valence electrons. The van der Waals surface area contributed by atoms with Gasteiger partial charge in [-0.15, -0.1) is 5.10 Å². The molecule has 0 atom stereocenters. The first-order valence-electron chi connectivity index (χ1n) is 7.90. The first-order valence-corrected chi connectivity index (χ1v) is 7.90. The summed E-state index contributed by atoms with van der Waals surface area (Å²) >= 11 is 0. The van der Waals surface area contributed by atoms with Crippen molar-refractivity contribution in [2.45, 2.75) is 25.9 Å². The minimum absolute atomic E-state index is 0.107. The number of hydrogen-bond donors (Lipinski definition) is 0. The molecule has 1 aliphatic heterocycles. The molecule has 0 bridgehead atoms. The van der Waals surface area contributed by atoms with Crippen LogP contribution in [-0.2, 0) is 11.0 Å². The van der Waals surface area contributed by atoms with Gasteiger partial charge in [0.15, 0.2) is 5.82 Å². The Morgan fingerprint density at radius 2 is 1.92 bits per heavy atom. The maximum atomic E-state index is 12.9. The van der Waals surface area contributed by atoms with Gasteiger partial charge in [-0.2, -0.15) is 13.2 Å². The molecule has 1 aliphatic rings. The molecule has 1 saturated heterocycles. The molecule has 0 spiro atoms. The van der Waals surface area contributed by atoms with E-state index in [1.807, 2.05) is 0 Å². The number of aryl methyl sites for hydroxylation is 1. The van der Waals surface area contributed by atoms with Crippen molar-refractivity contribution >= 4 is 12.1 Å². The summed E-state index contributed by atoms with van der Waals surface area (Å²) in [6.45, 7) is 3.08. The zero-order chi connectivity index (χ0) is 18.0. The summed E-state index contributed by atoms with van der Waals surface area (Å²) < 4.78 is 40.1. The van der Waals surface area contributed by atoms with Crippen LogP contribution in [-0.4, -0.2) is 38.7 Å². The number of alkyl halides is 3. The molecule has 2 heterocycles. The molecule has 2 aromatic rings. The molecule has 0 saturated carbocycles. The highest BCUT2D eigenvalue weighted by molar-refractivity contribution is 5.90. The lowest BCUT2D eigenvalue weighted by Gasteiger charge is -2.11. The number of aromatic nitrogens is 3. The molecule has 1 amide bonds. The first-order chi connectivity index (χ1) is 11.8. The average molecular weight is 350 g/mol. The van der Waals surface area contributed by atoms with E-state index in [0.717, 1.165) is 38.1 Å². The molecule has 0 unspecified atom stereocenters. The topological polar surface area (TPSA) is 51.0 Å². The van der Waals surface area contributed by atoms with Gasteiger partial charge >= 0.3 is 6.18 Å². The van der Waals surface area contributed by atoms with Crippen LogP contribution < -0.4 is 0 Å². The third kappa shape index (κ3) is 4.07.